The number of rotatable bonds is 9. The minimum atomic E-state index is -3.91. The third-order valence-electron chi connectivity index (χ3n) is 7.07. The first kappa shape index (κ1) is 28.6. The van der Waals surface area contributed by atoms with Gasteiger partial charge in [0.1, 0.15) is 11.5 Å². The van der Waals surface area contributed by atoms with Crippen molar-refractivity contribution in [2.24, 2.45) is 0 Å². The van der Waals surface area contributed by atoms with Gasteiger partial charge in [-0.2, -0.15) is 0 Å². The largest absolute Gasteiger partial charge is 0.448 e. The molecule has 0 spiro atoms. The van der Waals surface area contributed by atoms with E-state index in [9.17, 15) is 22.0 Å². The molecule has 12 nitrogen and oxygen atoms in total. The van der Waals surface area contributed by atoms with Crippen molar-refractivity contribution < 1.29 is 26.7 Å². The predicted molar refractivity (Wildman–Crippen MR) is 145 cm³/mol. The zero-order chi connectivity index (χ0) is 28.8. The minimum Gasteiger partial charge on any atom is -0.448 e. The lowest BCUT2D eigenvalue weighted by molar-refractivity contribution is 0.0800. The summed E-state index contributed by atoms with van der Waals surface area (Å²) in [6, 6.07) is 1.38. The first-order valence-corrected chi connectivity index (χ1v) is 15.2. The molecule has 1 N–H and O–H groups in total. The lowest BCUT2D eigenvalue weighted by Gasteiger charge is -2.40. The molecule has 1 atom stereocenters. The number of alkyl halides is 2. The molecule has 1 saturated carbocycles. The summed E-state index contributed by atoms with van der Waals surface area (Å²) in [4.78, 5) is 22.7. The number of hydrogen-bond acceptors (Lipinski definition) is 10. The Balaban J connectivity index is 1.49. The highest BCUT2D eigenvalue weighted by atomic mass is 32.2. The number of imidazole rings is 1. The lowest BCUT2D eigenvalue weighted by Crippen LogP contribution is -2.54. The second kappa shape index (κ2) is 10.8. The number of sulfonamides is 1. The molecule has 0 bridgehead atoms. The molecule has 0 aromatic carbocycles. The Bertz CT molecular complexity index is 1510. The lowest BCUT2D eigenvalue weighted by atomic mass is 10.1. The second-order valence-electron chi connectivity index (χ2n) is 10.7. The van der Waals surface area contributed by atoms with Crippen molar-refractivity contribution in [2.45, 2.75) is 49.6 Å². The molecule has 2 fully saturated rings. The smallest absolute Gasteiger partial charge is 0.410 e. The van der Waals surface area contributed by atoms with E-state index in [-0.39, 0.29) is 28.4 Å². The van der Waals surface area contributed by atoms with Crippen LogP contribution >= 0.6 is 11.3 Å². The molecule has 40 heavy (non-hydrogen) atoms. The van der Waals surface area contributed by atoms with Gasteiger partial charge in [0.15, 0.2) is 15.8 Å². The zero-order valence-electron chi connectivity index (χ0n) is 22.7. The van der Waals surface area contributed by atoms with E-state index in [0.29, 0.717) is 48.7 Å². The van der Waals surface area contributed by atoms with Gasteiger partial charge in [0.2, 0.25) is 10.0 Å². The third kappa shape index (κ3) is 5.89. The maximum Gasteiger partial charge on any atom is 0.410 e. The van der Waals surface area contributed by atoms with Crippen LogP contribution in [0.5, 0.6) is 0 Å². The van der Waals surface area contributed by atoms with Crippen LogP contribution in [0, 0.1) is 0 Å². The summed E-state index contributed by atoms with van der Waals surface area (Å²) >= 11 is 0.705. The van der Waals surface area contributed by atoms with Crippen LogP contribution in [0.25, 0.3) is 16.3 Å². The Morgan fingerprint density at radius 1 is 1.30 bits per heavy atom. The molecule has 1 aliphatic carbocycles. The van der Waals surface area contributed by atoms with E-state index in [1.807, 2.05) is 37.7 Å². The Morgan fingerprint density at radius 2 is 2.05 bits per heavy atom. The van der Waals surface area contributed by atoms with Gasteiger partial charge in [-0.1, -0.05) is 11.3 Å². The Hall–Kier alpha value is -2.95. The number of halogens is 2. The van der Waals surface area contributed by atoms with Crippen molar-refractivity contribution in [1.29, 1.82) is 0 Å². The molecule has 2 aliphatic rings. The van der Waals surface area contributed by atoms with Crippen molar-refractivity contribution in [1.82, 2.24) is 34.1 Å². The molecule has 5 rings (SSSR count). The number of likely N-dealkylation sites (N-methyl/N-ethyl adjacent to an activating group) is 1. The van der Waals surface area contributed by atoms with Crippen LogP contribution in [0.4, 0.5) is 19.3 Å². The summed E-state index contributed by atoms with van der Waals surface area (Å²) in [6.45, 7) is 5.86. The summed E-state index contributed by atoms with van der Waals surface area (Å²) in [5, 5.41) is 7.14. The number of anilines is 1. The number of hydrogen-bond donors (Lipinski definition) is 1. The highest BCUT2D eigenvalue weighted by molar-refractivity contribution is 7.89. The van der Waals surface area contributed by atoms with Crippen LogP contribution in [0.1, 0.15) is 38.1 Å². The monoisotopic (exact) mass is 598 g/mol. The summed E-state index contributed by atoms with van der Waals surface area (Å²) in [5.41, 5.74) is 0.674. The number of carbonyl (C=O) groups is 1. The molecular weight excluding hydrogens is 566 g/mol. The van der Waals surface area contributed by atoms with Crippen LogP contribution in [0.15, 0.2) is 23.4 Å². The molecule has 4 heterocycles. The SMILES string of the molecule is CC1CN(c2cc(S(=O)(=O)NC3(C)CC3)cn3c(-c4nnc(C(F)F)s4)ncc23)CCN1C(=O)OCCN(C)C. The summed E-state index contributed by atoms with van der Waals surface area (Å²) < 4.78 is 63.0. The van der Waals surface area contributed by atoms with Crippen LogP contribution in [-0.2, 0) is 14.8 Å². The number of piperazine rings is 1. The van der Waals surface area contributed by atoms with Gasteiger partial charge >= 0.3 is 6.09 Å². The van der Waals surface area contributed by atoms with Crippen LogP contribution in [0.3, 0.4) is 0 Å². The summed E-state index contributed by atoms with van der Waals surface area (Å²) in [5.74, 6) is 0.214. The molecule has 3 aromatic heterocycles. The van der Waals surface area contributed by atoms with Gasteiger partial charge in [0.05, 0.1) is 17.4 Å². The molecule has 16 heteroatoms. The van der Waals surface area contributed by atoms with Crippen molar-refractivity contribution >= 4 is 38.7 Å². The predicted octanol–water partition coefficient (Wildman–Crippen LogP) is 2.83. The van der Waals surface area contributed by atoms with Crippen molar-refractivity contribution in [3.63, 3.8) is 0 Å². The molecule has 1 aliphatic heterocycles. The maximum absolute atomic E-state index is 13.4. The minimum absolute atomic E-state index is 0.0131. The molecule has 1 saturated heterocycles. The van der Waals surface area contributed by atoms with Gasteiger partial charge in [0, 0.05) is 44.0 Å². The number of fused-ring (bicyclic) bond motifs is 1. The van der Waals surface area contributed by atoms with Crippen LogP contribution < -0.4 is 9.62 Å². The Morgan fingerprint density at radius 3 is 2.67 bits per heavy atom. The van der Waals surface area contributed by atoms with Crippen molar-refractivity contribution in [3.8, 4) is 10.8 Å². The number of carbonyl (C=O) groups excluding carboxylic acids is 1. The number of nitrogens with one attached hydrogen (secondary N) is 1. The van der Waals surface area contributed by atoms with Crippen LogP contribution in [0.2, 0.25) is 0 Å². The quantitative estimate of drug-likeness (QED) is 0.396. The van der Waals surface area contributed by atoms with E-state index in [1.54, 1.807) is 21.6 Å². The number of pyridine rings is 1. The van der Waals surface area contributed by atoms with Crippen molar-refractivity contribution in [3.05, 3.63) is 23.5 Å². The van der Waals surface area contributed by atoms with E-state index < -0.39 is 33.1 Å². The highest BCUT2D eigenvalue weighted by Gasteiger charge is 2.41. The zero-order valence-corrected chi connectivity index (χ0v) is 24.3. The highest BCUT2D eigenvalue weighted by Crippen LogP contribution is 2.38. The second-order valence-corrected chi connectivity index (χ2v) is 13.4. The number of ether oxygens (including phenoxy) is 1. The molecule has 3 aromatic rings. The topological polar surface area (TPSA) is 125 Å². The van der Waals surface area contributed by atoms with E-state index in [2.05, 4.69) is 19.9 Å². The first-order chi connectivity index (χ1) is 18.9. The van der Waals surface area contributed by atoms with Gasteiger partial charge in [0.25, 0.3) is 6.43 Å². The van der Waals surface area contributed by atoms with Gasteiger partial charge in [-0.15, -0.1) is 10.2 Å². The van der Waals surface area contributed by atoms with Gasteiger partial charge in [-0.3, -0.25) is 4.40 Å². The van der Waals surface area contributed by atoms with Gasteiger partial charge in [-0.25, -0.2) is 31.7 Å². The van der Waals surface area contributed by atoms with E-state index in [0.717, 1.165) is 12.8 Å². The van der Waals surface area contributed by atoms with E-state index in [1.165, 1.54) is 6.20 Å². The average molecular weight is 599 g/mol. The fourth-order valence-corrected chi connectivity index (χ4v) is 6.72. The third-order valence-corrected chi connectivity index (χ3v) is 9.60. The first-order valence-electron chi connectivity index (χ1n) is 12.9. The van der Waals surface area contributed by atoms with E-state index in [4.69, 9.17) is 4.74 Å². The molecule has 0 radical (unpaired) electrons. The summed E-state index contributed by atoms with van der Waals surface area (Å²) in [6.07, 6.45) is 1.30. The van der Waals surface area contributed by atoms with Crippen LogP contribution in [-0.4, -0.2) is 102 Å². The average Bonchev–Trinajstić information content (AvgIpc) is 3.26. The molecule has 218 valence electrons. The molecular formula is C24H32F2N8O4S2. The number of nitrogens with zero attached hydrogens (tertiary/aromatic N) is 7. The fourth-order valence-electron chi connectivity index (χ4n) is 4.54. The standard InChI is InChI=1S/C24H32F2N8O4S2/c1-15-13-32(7-8-33(15)23(35)38-10-9-31(3)4)17-11-16(40(36,37)30-24(2)5-6-24)14-34-18(17)12-27-20(34)22-29-28-21(39-22)19(25)26/h11-12,14-15,19,30H,5-10,13H2,1-4H3. The van der Waals surface area contributed by atoms with Gasteiger partial charge < -0.3 is 19.4 Å². The fraction of sp³-hybridized carbons (Fsp3) is 0.583. The van der Waals surface area contributed by atoms with E-state index >= 15 is 0 Å². The Labute approximate surface area is 235 Å². The molecule has 1 unspecified atom stereocenters. The number of aromatic nitrogens is 4. The van der Waals surface area contributed by atoms with Gasteiger partial charge in [-0.05, 0) is 46.9 Å². The summed E-state index contributed by atoms with van der Waals surface area (Å²) in [7, 11) is -0.118. The molecule has 1 amide bonds. The maximum atomic E-state index is 13.4. The Kier molecular flexibility index (Phi) is 7.71. The normalized spacial score (nSPS) is 19.1. The number of amides is 1. The van der Waals surface area contributed by atoms with Crippen molar-refractivity contribution in [2.75, 3.05) is 51.8 Å².